The Balaban J connectivity index is 1.54. The van der Waals surface area contributed by atoms with Crippen LogP contribution >= 0.6 is 11.6 Å². The Kier molecular flexibility index (Phi) is 12.2. The lowest BCUT2D eigenvalue weighted by atomic mass is 10.1. The van der Waals surface area contributed by atoms with E-state index in [0.717, 1.165) is 5.56 Å². The largest absolute Gasteiger partial charge is 0.492 e. The highest BCUT2D eigenvalue weighted by Crippen LogP contribution is 2.20. The second-order valence-electron chi connectivity index (χ2n) is 11.1. The molecule has 3 aromatic carbocycles. The van der Waals surface area contributed by atoms with Crippen molar-refractivity contribution in [3.8, 4) is 11.5 Å². The van der Waals surface area contributed by atoms with Crippen molar-refractivity contribution in [3.63, 3.8) is 0 Å². The van der Waals surface area contributed by atoms with Gasteiger partial charge in [-0.05, 0) is 54.3 Å². The monoisotopic (exact) mass is 634 g/mol. The Morgan fingerprint density at radius 1 is 1.00 bits per heavy atom. The summed E-state index contributed by atoms with van der Waals surface area (Å²) in [5, 5.41) is 9.16. The Morgan fingerprint density at radius 3 is 2.44 bits per heavy atom. The molecule has 1 heterocycles. The van der Waals surface area contributed by atoms with Crippen molar-refractivity contribution in [2.75, 3.05) is 26.3 Å². The molecule has 10 nitrogen and oxygen atoms in total. The number of rotatable bonds is 8. The van der Waals surface area contributed by atoms with Gasteiger partial charge in [0, 0.05) is 18.0 Å². The van der Waals surface area contributed by atoms with Crippen molar-refractivity contribution in [2.24, 2.45) is 5.92 Å². The summed E-state index contributed by atoms with van der Waals surface area (Å²) in [5.41, 5.74) is 1.10. The molecule has 0 radical (unpaired) electrons. The molecule has 2 atom stereocenters. The van der Waals surface area contributed by atoms with E-state index in [-0.39, 0.29) is 75.0 Å². The number of hydrogen-bond donors (Lipinski definition) is 3. The van der Waals surface area contributed by atoms with Gasteiger partial charge in [-0.15, -0.1) is 0 Å². The molecule has 4 amide bonds. The number of nitrogens with one attached hydrogen (secondary N) is 3. The first-order valence-corrected chi connectivity index (χ1v) is 15.4. The maximum absolute atomic E-state index is 13.6. The average molecular weight is 635 g/mol. The molecule has 0 aliphatic carbocycles. The molecule has 1 aliphatic rings. The fourth-order valence-corrected chi connectivity index (χ4v) is 4.88. The van der Waals surface area contributed by atoms with Crippen molar-refractivity contribution in [3.05, 3.63) is 95.0 Å². The SMILES string of the molecule is CC(C)[C@@H]1COc2ccccc2C(=O)N[C@H](C(=O)NCCOc2ccc(Cl)cc2)CCC(=O)N(Cc2ccccc2)CC(=O)N1. The number of amides is 4. The maximum Gasteiger partial charge on any atom is 0.255 e. The van der Waals surface area contributed by atoms with E-state index in [0.29, 0.717) is 16.5 Å². The first-order valence-electron chi connectivity index (χ1n) is 15.0. The quantitative estimate of drug-likeness (QED) is 0.322. The van der Waals surface area contributed by atoms with Crippen molar-refractivity contribution in [2.45, 2.75) is 45.3 Å². The molecule has 1 aliphatic heterocycles. The highest BCUT2D eigenvalue weighted by atomic mass is 35.5. The second kappa shape index (κ2) is 16.5. The van der Waals surface area contributed by atoms with Crippen LogP contribution in [0.25, 0.3) is 0 Å². The average Bonchev–Trinajstić information content (AvgIpc) is 3.03. The highest BCUT2D eigenvalue weighted by Gasteiger charge is 2.28. The minimum atomic E-state index is -1.04. The van der Waals surface area contributed by atoms with Gasteiger partial charge in [-0.1, -0.05) is 67.9 Å². The van der Waals surface area contributed by atoms with Gasteiger partial charge in [-0.3, -0.25) is 19.2 Å². The fourth-order valence-electron chi connectivity index (χ4n) is 4.75. The molecule has 0 fully saturated rings. The summed E-state index contributed by atoms with van der Waals surface area (Å²) < 4.78 is 11.7. The van der Waals surface area contributed by atoms with Crippen LogP contribution in [-0.2, 0) is 20.9 Å². The van der Waals surface area contributed by atoms with Crippen LogP contribution in [0.15, 0.2) is 78.9 Å². The normalized spacial score (nSPS) is 18.0. The van der Waals surface area contributed by atoms with Crippen LogP contribution in [0.4, 0.5) is 0 Å². The van der Waals surface area contributed by atoms with Gasteiger partial charge in [0.1, 0.15) is 30.8 Å². The van der Waals surface area contributed by atoms with Gasteiger partial charge in [-0.25, -0.2) is 0 Å². The minimum Gasteiger partial charge on any atom is -0.492 e. The van der Waals surface area contributed by atoms with Gasteiger partial charge in [0.2, 0.25) is 17.7 Å². The molecule has 0 saturated heterocycles. The number of carbonyl (C=O) groups excluding carboxylic acids is 4. The van der Waals surface area contributed by atoms with Gasteiger partial charge in [0.05, 0.1) is 24.7 Å². The summed E-state index contributed by atoms with van der Waals surface area (Å²) in [5.74, 6) is -0.695. The van der Waals surface area contributed by atoms with Crippen molar-refractivity contribution in [1.29, 1.82) is 0 Å². The van der Waals surface area contributed by atoms with Crippen LogP contribution in [0.5, 0.6) is 11.5 Å². The first-order chi connectivity index (χ1) is 21.7. The van der Waals surface area contributed by atoms with Gasteiger partial charge in [0.15, 0.2) is 0 Å². The van der Waals surface area contributed by atoms with E-state index in [1.165, 1.54) is 4.90 Å². The van der Waals surface area contributed by atoms with Crippen LogP contribution < -0.4 is 25.4 Å². The third kappa shape index (κ3) is 10.2. The second-order valence-corrected chi connectivity index (χ2v) is 11.6. The number of fused-ring (bicyclic) bond motifs is 1. The number of carbonyl (C=O) groups is 4. The number of benzene rings is 3. The lowest BCUT2D eigenvalue weighted by molar-refractivity contribution is -0.137. The summed E-state index contributed by atoms with van der Waals surface area (Å²) in [4.78, 5) is 55.0. The van der Waals surface area contributed by atoms with Gasteiger partial charge < -0.3 is 30.3 Å². The molecule has 238 valence electrons. The van der Waals surface area contributed by atoms with E-state index in [1.54, 1.807) is 48.5 Å². The van der Waals surface area contributed by atoms with E-state index in [4.69, 9.17) is 21.1 Å². The number of para-hydroxylation sites is 1. The molecule has 0 saturated carbocycles. The lowest BCUT2D eigenvalue weighted by Crippen LogP contribution is -2.49. The van der Waals surface area contributed by atoms with E-state index in [9.17, 15) is 19.2 Å². The van der Waals surface area contributed by atoms with Gasteiger partial charge >= 0.3 is 0 Å². The van der Waals surface area contributed by atoms with Crippen molar-refractivity contribution >= 4 is 35.2 Å². The molecule has 4 rings (SSSR count). The highest BCUT2D eigenvalue weighted by molar-refractivity contribution is 6.30. The Morgan fingerprint density at radius 2 is 1.71 bits per heavy atom. The van der Waals surface area contributed by atoms with Crippen LogP contribution in [-0.4, -0.2) is 66.9 Å². The summed E-state index contributed by atoms with van der Waals surface area (Å²) in [6.45, 7) is 4.41. The molecule has 3 N–H and O–H groups in total. The number of hydrogen-bond acceptors (Lipinski definition) is 6. The third-order valence-corrected chi connectivity index (χ3v) is 7.61. The summed E-state index contributed by atoms with van der Waals surface area (Å²) in [6, 6.07) is 21.5. The Bertz CT molecular complexity index is 1450. The molecular weight excluding hydrogens is 596 g/mol. The summed E-state index contributed by atoms with van der Waals surface area (Å²) in [7, 11) is 0. The smallest absolute Gasteiger partial charge is 0.255 e. The third-order valence-electron chi connectivity index (χ3n) is 7.36. The molecule has 0 bridgehead atoms. The fraction of sp³-hybridized carbons (Fsp3) is 0.353. The first kappa shape index (κ1) is 33.3. The van der Waals surface area contributed by atoms with E-state index in [2.05, 4.69) is 16.0 Å². The Hall–Kier alpha value is -4.57. The number of nitrogens with zero attached hydrogens (tertiary/aromatic N) is 1. The summed E-state index contributed by atoms with van der Waals surface area (Å²) >= 11 is 5.92. The topological polar surface area (TPSA) is 126 Å². The standard InChI is InChI=1S/C34H39ClN4O6/c1-23(2)29-22-45-30-11-7-6-10-27(30)33(42)38-28(34(43)36-18-19-44-26-14-12-25(35)13-15-26)16-17-32(41)39(21-31(40)37-29)20-24-8-4-3-5-9-24/h3-15,23,28-29H,16-22H2,1-2H3,(H,36,43)(H,37,40)(H,38,42)/t28-,29-/m0/s1. The molecule has 11 heteroatoms. The molecule has 45 heavy (non-hydrogen) atoms. The van der Waals surface area contributed by atoms with E-state index < -0.39 is 17.9 Å². The van der Waals surface area contributed by atoms with E-state index >= 15 is 0 Å². The van der Waals surface area contributed by atoms with Crippen LogP contribution in [0.2, 0.25) is 5.02 Å². The minimum absolute atomic E-state index is 0.0129. The number of ether oxygens (including phenoxy) is 2. The summed E-state index contributed by atoms with van der Waals surface area (Å²) in [6.07, 6.45) is -0.0650. The van der Waals surface area contributed by atoms with Crippen molar-refractivity contribution < 1.29 is 28.7 Å². The molecule has 0 unspecified atom stereocenters. The molecular formula is C34H39ClN4O6. The van der Waals surface area contributed by atoms with E-state index in [1.807, 2.05) is 44.2 Å². The zero-order valence-corrected chi connectivity index (χ0v) is 26.2. The van der Waals surface area contributed by atoms with Gasteiger partial charge in [-0.2, -0.15) is 0 Å². The maximum atomic E-state index is 13.6. The van der Waals surface area contributed by atoms with Crippen molar-refractivity contribution in [1.82, 2.24) is 20.9 Å². The zero-order chi connectivity index (χ0) is 32.2. The predicted molar refractivity (Wildman–Crippen MR) is 171 cm³/mol. The van der Waals surface area contributed by atoms with Crippen LogP contribution in [0, 0.1) is 5.92 Å². The van der Waals surface area contributed by atoms with Crippen LogP contribution in [0.3, 0.4) is 0 Å². The van der Waals surface area contributed by atoms with Crippen LogP contribution in [0.1, 0.15) is 42.6 Å². The zero-order valence-electron chi connectivity index (χ0n) is 25.5. The molecule has 0 aromatic heterocycles. The number of halogens is 1. The molecule has 0 spiro atoms. The predicted octanol–water partition coefficient (Wildman–Crippen LogP) is 3.98. The lowest BCUT2D eigenvalue weighted by Gasteiger charge is -2.26. The van der Waals surface area contributed by atoms with Gasteiger partial charge in [0.25, 0.3) is 5.91 Å². The Labute approximate surface area is 268 Å². The molecule has 3 aromatic rings.